The number of imide groups is 1. The minimum absolute atomic E-state index is 0.0204. The number of amides is 3. The van der Waals surface area contributed by atoms with E-state index in [0.29, 0.717) is 22.0 Å². The van der Waals surface area contributed by atoms with Crippen LogP contribution < -0.4 is 5.43 Å². The van der Waals surface area contributed by atoms with Crippen molar-refractivity contribution >= 4 is 28.7 Å². The Labute approximate surface area is 157 Å². The van der Waals surface area contributed by atoms with E-state index < -0.39 is 17.7 Å². The summed E-state index contributed by atoms with van der Waals surface area (Å²) in [6.45, 7) is 0. The lowest BCUT2D eigenvalue weighted by atomic mass is 10.1. The van der Waals surface area contributed by atoms with Gasteiger partial charge in [-0.1, -0.05) is 30.3 Å². The first kappa shape index (κ1) is 16.0. The third kappa shape index (κ3) is 2.39. The monoisotopic (exact) mass is 372 g/mol. The summed E-state index contributed by atoms with van der Waals surface area (Å²) in [6, 6.07) is 17.2. The molecule has 0 bridgehead atoms. The molecule has 1 aliphatic heterocycles. The molecule has 2 aromatic heterocycles. The van der Waals surface area contributed by atoms with Crippen molar-refractivity contribution in [2.24, 2.45) is 0 Å². The first-order valence-corrected chi connectivity index (χ1v) is 8.45. The fraction of sp³-hybridized carbons (Fsp3) is 0. The van der Waals surface area contributed by atoms with Crippen LogP contribution in [0.5, 0.6) is 0 Å². The molecule has 0 saturated carbocycles. The van der Waals surface area contributed by atoms with Crippen LogP contribution in [0.3, 0.4) is 0 Å². The largest absolute Gasteiger partial charge is 0.454 e. The van der Waals surface area contributed by atoms with E-state index in [1.165, 1.54) is 18.2 Å². The molecule has 0 saturated heterocycles. The molecule has 3 amide bonds. The minimum atomic E-state index is -0.687. The van der Waals surface area contributed by atoms with Crippen molar-refractivity contribution in [2.75, 3.05) is 0 Å². The lowest BCUT2D eigenvalue weighted by Crippen LogP contribution is -2.46. The van der Waals surface area contributed by atoms with E-state index in [-0.39, 0.29) is 16.8 Å². The van der Waals surface area contributed by atoms with E-state index in [0.717, 1.165) is 5.39 Å². The van der Waals surface area contributed by atoms with Crippen molar-refractivity contribution in [3.8, 4) is 11.5 Å². The van der Waals surface area contributed by atoms with Gasteiger partial charge in [-0.15, -0.1) is 0 Å². The van der Waals surface area contributed by atoms with Gasteiger partial charge in [0.1, 0.15) is 11.3 Å². The van der Waals surface area contributed by atoms with Crippen molar-refractivity contribution in [3.63, 3.8) is 0 Å². The normalized spacial score (nSPS) is 13.2. The van der Waals surface area contributed by atoms with E-state index in [1.54, 1.807) is 12.1 Å². The van der Waals surface area contributed by atoms with E-state index in [9.17, 15) is 14.4 Å². The maximum atomic E-state index is 12.5. The fourth-order valence-corrected chi connectivity index (χ4v) is 3.13. The Balaban J connectivity index is 1.38. The number of fused-ring (bicyclic) bond motifs is 2. The maximum absolute atomic E-state index is 12.5. The lowest BCUT2D eigenvalue weighted by Gasteiger charge is -2.13. The Morgan fingerprint density at radius 1 is 0.964 bits per heavy atom. The summed E-state index contributed by atoms with van der Waals surface area (Å²) in [5.41, 5.74) is 4.05. The zero-order valence-electron chi connectivity index (χ0n) is 14.3. The molecule has 8 heteroatoms. The minimum Gasteiger partial charge on any atom is -0.454 e. The van der Waals surface area contributed by atoms with Crippen molar-refractivity contribution in [3.05, 3.63) is 77.5 Å². The first-order chi connectivity index (χ1) is 13.6. The van der Waals surface area contributed by atoms with Crippen molar-refractivity contribution in [1.82, 2.24) is 20.6 Å². The number of aromatic nitrogens is 2. The molecule has 136 valence electrons. The smallest absolute Gasteiger partial charge is 0.290 e. The molecule has 28 heavy (non-hydrogen) atoms. The number of carbonyl (C=O) groups is 3. The molecule has 1 aliphatic rings. The number of hydrogen-bond acceptors (Lipinski definition) is 5. The number of hydrogen-bond donors (Lipinski definition) is 2. The molecule has 0 radical (unpaired) electrons. The number of nitrogens with zero attached hydrogens (tertiary/aromatic N) is 2. The highest BCUT2D eigenvalue weighted by Crippen LogP contribution is 2.27. The standard InChI is InChI=1S/C20H12N4O4/c25-18(23-24-19(26)12-6-2-3-7-13(12)20(24)27)15-10-14(21-22-15)17-9-11-5-1-4-8-16(11)28-17/h1-10H,(H,21,22)(H,23,25). The number of rotatable bonds is 3. The van der Waals surface area contributed by atoms with E-state index >= 15 is 0 Å². The second-order valence-electron chi connectivity index (χ2n) is 6.25. The number of hydrazine groups is 1. The predicted octanol–water partition coefficient (Wildman–Crippen LogP) is 2.76. The molecule has 5 rings (SSSR count). The Hall–Kier alpha value is -4.20. The number of H-pyrrole nitrogens is 1. The van der Waals surface area contributed by atoms with Gasteiger partial charge in [0.2, 0.25) is 0 Å². The van der Waals surface area contributed by atoms with Crippen molar-refractivity contribution in [1.29, 1.82) is 0 Å². The topological polar surface area (TPSA) is 108 Å². The molecule has 3 heterocycles. The summed E-state index contributed by atoms with van der Waals surface area (Å²) >= 11 is 0. The predicted molar refractivity (Wildman–Crippen MR) is 98.2 cm³/mol. The van der Waals surface area contributed by atoms with Crippen LogP contribution in [0.25, 0.3) is 22.4 Å². The number of para-hydroxylation sites is 1. The summed E-state index contributed by atoms with van der Waals surface area (Å²) in [4.78, 5) is 37.2. The molecule has 8 nitrogen and oxygen atoms in total. The summed E-state index contributed by atoms with van der Waals surface area (Å²) in [5, 5.41) is 8.31. The maximum Gasteiger partial charge on any atom is 0.290 e. The fourth-order valence-electron chi connectivity index (χ4n) is 3.13. The second-order valence-corrected chi connectivity index (χ2v) is 6.25. The second kappa shape index (κ2) is 5.92. The first-order valence-electron chi connectivity index (χ1n) is 8.45. The highest BCUT2D eigenvalue weighted by atomic mass is 16.3. The summed E-state index contributed by atoms with van der Waals surface area (Å²) < 4.78 is 5.74. The third-order valence-corrected chi connectivity index (χ3v) is 4.51. The summed E-state index contributed by atoms with van der Waals surface area (Å²) in [7, 11) is 0. The lowest BCUT2D eigenvalue weighted by molar-refractivity contribution is 0.0516. The zero-order chi connectivity index (χ0) is 19.3. The van der Waals surface area contributed by atoms with Crippen molar-refractivity contribution < 1.29 is 18.8 Å². The molecule has 0 spiro atoms. The highest BCUT2D eigenvalue weighted by molar-refractivity contribution is 6.22. The molecule has 4 aromatic rings. The van der Waals surface area contributed by atoms with Crippen molar-refractivity contribution in [2.45, 2.75) is 0 Å². The summed E-state index contributed by atoms with van der Waals surface area (Å²) in [5.74, 6) is -1.33. The average molecular weight is 372 g/mol. The van der Waals surface area contributed by atoms with Gasteiger partial charge in [0.15, 0.2) is 11.5 Å². The van der Waals surface area contributed by atoms with Crippen LogP contribution in [0.4, 0.5) is 0 Å². The molecule has 0 unspecified atom stereocenters. The summed E-state index contributed by atoms with van der Waals surface area (Å²) in [6.07, 6.45) is 0. The van der Waals surface area contributed by atoms with Gasteiger partial charge in [0.25, 0.3) is 17.7 Å². The molecular formula is C20H12N4O4. The highest BCUT2D eigenvalue weighted by Gasteiger charge is 2.37. The molecular weight excluding hydrogens is 360 g/mol. The van der Waals surface area contributed by atoms with Gasteiger partial charge < -0.3 is 4.42 Å². The van der Waals surface area contributed by atoms with Crippen LogP contribution in [0.15, 0.2) is 65.1 Å². The number of benzene rings is 2. The van der Waals surface area contributed by atoms with Crippen LogP contribution in [0.1, 0.15) is 31.2 Å². The van der Waals surface area contributed by atoms with Gasteiger partial charge in [0.05, 0.1) is 11.1 Å². The van der Waals surface area contributed by atoms with Crippen LogP contribution in [-0.2, 0) is 0 Å². The van der Waals surface area contributed by atoms with Crippen LogP contribution in [0.2, 0.25) is 0 Å². The van der Waals surface area contributed by atoms with Gasteiger partial charge >= 0.3 is 0 Å². The van der Waals surface area contributed by atoms with Gasteiger partial charge in [0, 0.05) is 11.5 Å². The number of carbonyl (C=O) groups excluding carboxylic acids is 3. The zero-order valence-corrected chi connectivity index (χ0v) is 14.3. The Morgan fingerprint density at radius 3 is 2.36 bits per heavy atom. The quantitative estimate of drug-likeness (QED) is 0.538. The van der Waals surface area contributed by atoms with Gasteiger partial charge in [-0.2, -0.15) is 10.1 Å². The van der Waals surface area contributed by atoms with Crippen LogP contribution in [0, 0.1) is 0 Å². The molecule has 0 fully saturated rings. The molecule has 2 aromatic carbocycles. The Kier molecular flexibility index (Phi) is 3.38. The average Bonchev–Trinajstić information content (AvgIpc) is 3.42. The van der Waals surface area contributed by atoms with Gasteiger partial charge in [-0.05, 0) is 24.3 Å². The van der Waals surface area contributed by atoms with E-state index in [1.807, 2.05) is 30.3 Å². The van der Waals surface area contributed by atoms with Gasteiger partial charge in [-0.25, -0.2) is 0 Å². The number of aromatic amines is 1. The third-order valence-electron chi connectivity index (χ3n) is 4.51. The number of nitrogens with one attached hydrogen (secondary N) is 2. The van der Waals surface area contributed by atoms with Gasteiger partial charge in [-0.3, -0.25) is 24.9 Å². The molecule has 0 atom stereocenters. The SMILES string of the molecule is O=C(NN1C(=O)c2ccccc2C1=O)c1cc(-c2cc3ccccc3o2)[nH]n1. The Morgan fingerprint density at radius 2 is 1.64 bits per heavy atom. The molecule has 0 aliphatic carbocycles. The van der Waals surface area contributed by atoms with E-state index in [2.05, 4.69) is 15.6 Å². The Bertz CT molecular complexity index is 1200. The van der Waals surface area contributed by atoms with Crippen LogP contribution in [-0.4, -0.2) is 32.9 Å². The molecule has 2 N–H and O–H groups in total. The van der Waals surface area contributed by atoms with E-state index in [4.69, 9.17) is 4.42 Å². The van der Waals surface area contributed by atoms with Crippen LogP contribution >= 0.6 is 0 Å². The number of furan rings is 1.